The molecule has 0 spiro atoms. The monoisotopic (exact) mass is 251 g/mol. The number of halogens is 1. The van der Waals surface area contributed by atoms with E-state index in [1.807, 2.05) is 12.1 Å². The molecule has 1 aromatic carbocycles. The molecule has 1 aromatic rings. The number of benzene rings is 1. The van der Waals surface area contributed by atoms with Crippen LogP contribution in [0.15, 0.2) is 24.3 Å². The van der Waals surface area contributed by atoms with E-state index in [4.69, 9.17) is 11.6 Å². The van der Waals surface area contributed by atoms with Crippen LogP contribution in [0.2, 0.25) is 5.02 Å². The van der Waals surface area contributed by atoms with Crippen molar-refractivity contribution in [1.29, 1.82) is 0 Å². The van der Waals surface area contributed by atoms with E-state index in [2.05, 4.69) is 38.2 Å². The molecule has 1 saturated carbocycles. The van der Waals surface area contributed by atoms with Crippen molar-refractivity contribution in [3.8, 4) is 0 Å². The van der Waals surface area contributed by atoms with Crippen molar-refractivity contribution in [2.24, 2.45) is 5.92 Å². The first-order chi connectivity index (χ1) is 7.96. The Bertz CT molecular complexity index is 360. The number of nitrogens with one attached hydrogen (secondary N) is 1. The van der Waals surface area contributed by atoms with Gasteiger partial charge in [0, 0.05) is 17.1 Å². The summed E-state index contributed by atoms with van der Waals surface area (Å²) in [6.07, 6.45) is 2.75. The average Bonchev–Trinajstić information content (AvgIpc) is 3.03. The molecule has 1 fully saturated rings. The third-order valence-electron chi connectivity index (χ3n) is 3.34. The lowest BCUT2D eigenvalue weighted by molar-refractivity contribution is 0.393. The Morgan fingerprint density at radius 3 is 2.29 bits per heavy atom. The van der Waals surface area contributed by atoms with Gasteiger partial charge in [-0.05, 0) is 63.1 Å². The van der Waals surface area contributed by atoms with Crippen LogP contribution in [0.1, 0.15) is 45.1 Å². The van der Waals surface area contributed by atoms with E-state index in [0.29, 0.717) is 5.92 Å². The second kappa shape index (κ2) is 4.99. The van der Waals surface area contributed by atoms with Gasteiger partial charge in [-0.15, -0.1) is 0 Å². The highest BCUT2D eigenvalue weighted by Gasteiger charge is 2.32. The van der Waals surface area contributed by atoms with Gasteiger partial charge < -0.3 is 5.32 Å². The zero-order chi connectivity index (χ0) is 12.5. The van der Waals surface area contributed by atoms with Crippen molar-refractivity contribution in [1.82, 2.24) is 5.32 Å². The second-order valence-corrected chi connectivity index (χ2v) is 6.56. The predicted octanol–water partition coefficient (Wildman–Crippen LogP) is 4.22. The summed E-state index contributed by atoms with van der Waals surface area (Å²) in [5.41, 5.74) is 1.62. The zero-order valence-electron chi connectivity index (χ0n) is 11.0. The fourth-order valence-corrected chi connectivity index (χ4v) is 2.31. The molecule has 0 heterocycles. The molecule has 2 heteroatoms. The molecule has 0 aliphatic heterocycles. The van der Waals surface area contributed by atoms with Gasteiger partial charge in [0.15, 0.2) is 0 Å². The van der Waals surface area contributed by atoms with Crippen LogP contribution in [0.3, 0.4) is 0 Å². The average molecular weight is 252 g/mol. The highest BCUT2D eigenvalue weighted by Crippen LogP contribution is 2.42. The standard InChI is InChI=1S/C15H22ClN/c1-15(2,3)17-10-14(11-4-5-11)12-6-8-13(16)9-7-12/h6-9,11,14,17H,4-5,10H2,1-3H3. The van der Waals surface area contributed by atoms with Gasteiger partial charge in [0.25, 0.3) is 0 Å². The summed E-state index contributed by atoms with van der Waals surface area (Å²) in [5.74, 6) is 1.51. The fraction of sp³-hybridized carbons (Fsp3) is 0.600. The van der Waals surface area contributed by atoms with E-state index in [-0.39, 0.29) is 5.54 Å². The molecule has 0 amide bonds. The Balaban J connectivity index is 2.04. The minimum atomic E-state index is 0.194. The molecule has 1 nitrogen and oxygen atoms in total. The van der Waals surface area contributed by atoms with Gasteiger partial charge in [0.2, 0.25) is 0 Å². The van der Waals surface area contributed by atoms with Crippen LogP contribution < -0.4 is 5.32 Å². The highest BCUT2D eigenvalue weighted by molar-refractivity contribution is 6.30. The van der Waals surface area contributed by atoms with E-state index in [1.165, 1.54) is 18.4 Å². The molecule has 1 N–H and O–H groups in total. The molecule has 1 atom stereocenters. The van der Waals surface area contributed by atoms with E-state index in [0.717, 1.165) is 17.5 Å². The fourth-order valence-electron chi connectivity index (χ4n) is 2.18. The summed E-state index contributed by atoms with van der Waals surface area (Å²) in [5, 5.41) is 4.45. The molecule has 0 bridgehead atoms. The Morgan fingerprint density at radius 2 is 1.82 bits per heavy atom. The van der Waals surface area contributed by atoms with Crippen LogP contribution >= 0.6 is 11.6 Å². The van der Waals surface area contributed by atoms with E-state index >= 15 is 0 Å². The van der Waals surface area contributed by atoms with Gasteiger partial charge >= 0.3 is 0 Å². The maximum absolute atomic E-state index is 5.95. The highest BCUT2D eigenvalue weighted by atomic mass is 35.5. The topological polar surface area (TPSA) is 12.0 Å². The summed E-state index contributed by atoms with van der Waals surface area (Å²) in [6.45, 7) is 7.73. The van der Waals surface area contributed by atoms with Crippen molar-refractivity contribution in [2.75, 3.05) is 6.54 Å². The number of hydrogen-bond acceptors (Lipinski definition) is 1. The largest absolute Gasteiger partial charge is 0.311 e. The smallest absolute Gasteiger partial charge is 0.0406 e. The van der Waals surface area contributed by atoms with E-state index in [9.17, 15) is 0 Å². The first-order valence-electron chi connectivity index (χ1n) is 6.46. The lowest BCUT2D eigenvalue weighted by atomic mass is 9.93. The van der Waals surface area contributed by atoms with Crippen LogP contribution in [0.5, 0.6) is 0 Å². The molecule has 2 rings (SSSR count). The van der Waals surface area contributed by atoms with Crippen LogP contribution in [0, 0.1) is 5.92 Å². The lowest BCUT2D eigenvalue weighted by Crippen LogP contribution is -2.39. The minimum absolute atomic E-state index is 0.194. The molecule has 1 aliphatic rings. The molecular weight excluding hydrogens is 230 g/mol. The van der Waals surface area contributed by atoms with Crippen LogP contribution in [-0.4, -0.2) is 12.1 Å². The Labute approximate surface area is 110 Å². The molecule has 0 aromatic heterocycles. The predicted molar refractivity (Wildman–Crippen MR) is 74.7 cm³/mol. The zero-order valence-corrected chi connectivity index (χ0v) is 11.7. The molecule has 1 aliphatic carbocycles. The van der Waals surface area contributed by atoms with Crippen molar-refractivity contribution in [3.05, 3.63) is 34.9 Å². The maximum atomic E-state index is 5.95. The van der Waals surface area contributed by atoms with Crippen LogP contribution in [0.25, 0.3) is 0 Å². The first-order valence-corrected chi connectivity index (χ1v) is 6.84. The van der Waals surface area contributed by atoms with Crippen molar-refractivity contribution < 1.29 is 0 Å². The Morgan fingerprint density at radius 1 is 1.24 bits per heavy atom. The SMILES string of the molecule is CC(C)(C)NCC(c1ccc(Cl)cc1)C1CC1. The van der Waals surface area contributed by atoms with E-state index < -0.39 is 0 Å². The summed E-state index contributed by atoms with van der Waals surface area (Å²) >= 11 is 5.95. The molecule has 0 radical (unpaired) electrons. The van der Waals surface area contributed by atoms with Gasteiger partial charge in [0.1, 0.15) is 0 Å². The van der Waals surface area contributed by atoms with Crippen molar-refractivity contribution in [3.63, 3.8) is 0 Å². The lowest BCUT2D eigenvalue weighted by Gasteiger charge is -2.25. The minimum Gasteiger partial charge on any atom is -0.311 e. The third-order valence-corrected chi connectivity index (χ3v) is 3.59. The van der Waals surface area contributed by atoms with Crippen LogP contribution in [-0.2, 0) is 0 Å². The maximum Gasteiger partial charge on any atom is 0.0406 e. The Hall–Kier alpha value is -0.530. The van der Waals surface area contributed by atoms with Gasteiger partial charge in [-0.1, -0.05) is 23.7 Å². The molecule has 1 unspecified atom stereocenters. The van der Waals surface area contributed by atoms with Gasteiger partial charge in [-0.25, -0.2) is 0 Å². The molecule has 0 saturated heterocycles. The molecular formula is C15H22ClN. The molecule has 17 heavy (non-hydrogen) atoms. The Kier molecular flexibility index (Phi) is 3.79. The first kappa shape index (κ1) is 12.9. The van der Waals surface area contributed by atoms with Gasteiger partial charge in [0.05, 0.1) is 0 Å². The van der Waals surface area contributed by atoms with Crippen LogP contribution in [0.4, 0.5) is 0 Å². The van der Waals surface area contributed by atoms with E-state index in [1.54, 1.807) is 0 Å². The van der Waals surface area contributed by atoms with Crippen molar-refractivity contribution >= 4 is 11.6 Å². The van der Waals surface area contributed by atoms with Gasteiger partial charge in [-0.2, -0.15) is 0 Å². The summed E-state index contributed by atoms with van der Waals surface area (Å²) in [4.78, 5) is 0. The number of rotatable bonds is 4. The summed E-state index contributed by atoms with van der Waals surface area (Å²) in [6, 6.07) is 8.36. The molecule has 94 valence electrons. The normalized spacial score (nSPS) is 18.1. The third kappa shape index (κ3) is 4.01. The quantitative estimate of drug-likeness (QED) is 0.845. The van der Waals surface area contributed by atoms with Crippen molar-refractivity contribution in [2.45, 2.75) is 45.1 Å². The number of hydrogen-bond donors (Lipinski definition) is 1. The summed E-state index contributed by atoms with van der Waals surface area (Å²) in [7, 11) is 0. The van der Waals surface area contributed by atoms with Gasteiger partial charge in [-0.3, -0.25) is 0 Å². The summed E-state index contributed by atoms with van der Waals surface area (Å²) < 4.78 is 0. The second-order valence-electron chi connectivity index (χ2n) is 6.13.